The van der Waals surface area contributed by atoms with Crippen LogP contribution in [0, 0.1) is 0 Å². The number of carbonyl (C=O) groups is 1. The Hall–Kier alpha value is -0.990. The van der Waals surface area contributed by atoms with Gasteiger partial charge in [0.1, 0.15) is 0 Å². The van der Waals surface area contributed by atoms with Gasteiger partial charge in [-0.2, -0.15) is 8.78 Å². The SMILES string of the molecule is C=C(CCCC)C(=O)C(CCCC)=C(F)F. The first-order valence-corrected chi connectivity index (χ1v) is 5.81. The van der Waals surface area contributed by atoms with Crippen LogP contribution in [0.5, 0.6) is 0 Å². The number of hydrogen-bond acceptors (Lipinski definition) is 1. The van der Waals surface area contributed by atoms with Crippen LogP contribution in [0.3, 0.4) is 0 Å². The predicted molar refractivity (Wildman–Crippen MR) is 62.4 cm³/mol. The van der Waals surface area contributed by atoms with Gasteiger partial charge in [0.15, 0.2) is 5.78 Å². The second-order valence-electron chi connectivity index (χ2n) is 3.88. The zero-order valence-corrected chi connectivity index (χ0v) is 10.1. The fraction of sp³-hybridized carbons (Fsp3) is 0.615. The monoisotopic (exact) mass is 230 g/mol. The molecule has 0 aromatic carbocycles. The molecule has 0 atom stereocenters. The minimum atomic E-state index is -1.85. The van der Waals surface area contributed by atoms with E-state index in [-0.39, 0.29) is 12.0 Å². The van der Waals surface area contributed by atoms with E-state index in [2.05, 4.69) is 6.58 Å². The van der Waals surface area contributed by atoms with E-state index in [0.29, 0.717) is 18.4 Å². The van der Waals surface area contributed by atoms with E-state index in [4.69, 9.17) is 0 Å². The summed E-state index contributed by atoms with van der Waals surface area (Å²) in [6.07, 6.45) is 1.97. The van der Waals surface area contributed by atoms with Crippen LogP contribution in [-0.2, 0) is 4.79 Å². The van der Waals surface area contributed by atoms with E-state index in [1.807, 2.05) is 13.8 Å². The molecule has 0 bridgehead atoms. The van der Waals surface area contributed by atoms with Crippen LogP contribution in [0.1, 0.15) is 52.4 Å². The molecule has 1 nitrogen and oxygen atoms in total. The average Bonchev–Trinajstić information content (AvgIpc) is 2.25. The number of halogens is 2. The second-order valence-corrected chi connectivity index (χ2v) is 3.88. The van der Waals surface area contributed by atoms with Crippen molar-refractivity contribution in [2.75, 3.05) is 0 Å². The third-order valence-electron chi connectivity index (χ3n) is 2.44. The summed E-state index contributed by atoms with van der Waals surface area (Å²) in [6, 6.07) is 0. The van der Waals surface area contributed by atoms with Crippen molar-refractivity contribution in [1.82, 2.24) is 0 Å². The van der Waals surface area contributed by atoms with Crippen molar-refractivity contribution in [1.29, 1.82) is 0 Å². The van der Waals surface area contributed by atoms with Crippen LogP contribution >= 0.6 is 0 Å². The lowest BCUT2D eigenvalue weighted by molar-refractivity contribution is -0.112. The number of carbonyl (C=O) groups excluding carboxylic acids is 1. The Bertz CT molecular complexity index is 276. The third kappa shape index (κ3) is 5.19. The maximum Gasteiger partial charge on any atom is 0.277 e. The van der Waals surface area contributed by atoms with Crippen LogP contribution in [-0.4, -0.2) is 5.78 Å². The molecule has 0 aliphatic heterocycles. The number of rotatable bonds is 8. The zero-order valence-electron chi connectivity index (χ0n) is 10.1. The Kier molecular flexibility index (Phi) is 7.69. The summed E-state index contributed by atoms with van der Waals surface area (Å²) in [4.78, 5) is 11.7. The van der Waals surface area contributed by atoms with Crippen LogP contribution in [0.15, 0.2) is 23.8 Å². The maximum absolute atomic E-state index is 12.6. The summed E-state index contributed by atoms with van der Waals surface area (Å²) in [5.74, 6) is -0.554. The minimum absolute atomic E-state index is 0.156. The molecule has 0 saturated heterocycles. The van der Waals surface area contributed by atoms with Crippen molar-refractivity contribution in [2.45, 2.75) is 52.4 Å². The third-order valence-corrected chi connectivity index (χ3v) is 2.44. The maximum atomic E-state index is 12.6. The molecule has 0 unspecified atom stereocenters. The van der Waals surface area contributed by atoms with E-state index in [1.54, 1.807) is 0 Å². The lowest BCUT2D eigenvalue weighted by atomic mass is 9.97. The van der Waals surface area contributed by atoms with Crippen LogP contribution < -0.4 is 0 Å². The van der Waals surface area contributed by atoms with Gasteiger partial charge in [-0.3, -0.25) is 4.79 Å². The quantitative estimate of drug-likeness (QED) is 0.555. The van der Waals surface area contributed by atoms with Crippen molar-refractivity contribution in [2.24, 2.45) is 0 Å². The molecule has 0 aliphatic rings. The van der Waals surface area contributed by atoms with Crippen LogP contribution in [0.25, 0.3) is 0 Å². The highest BCUT2D eigenvalue weighted by Crippen LogP contribution is 2.21. The Morgan fingerprint density at radius 1 is 1.06 bits per heavy atom. The molecule has 0 aromatic rings. The first-order chi connectivity index (χ1) is 7.54. The molecule has 92 valence electrons. The average molecular weight is 230 g/mol. The lowest BCUT2D eigenvalue weighted by Gasteiger charge is -2.07. The Labute approximate surface area is 96.2 Å². The molecule has 0 aromatic heterocycles. The molecule has 0 radical (unpaired) electrons. The molecular weight excluding hydrogens is 210 g/mol. The molecule has 16 heavy (non-hydrogen) atoms. The van der Waals surface area contributed by atoms with Gasteiger partial charge in [0.25, 0.3) is 6.08 Å². The van der Waals surface area contributed by atoms with Gasteiger partial charge in [0.2, 0.25) is 0 Å². The van der Waals surface area contributed by atoms with Gasteiger partial charge < -0.3 is 0 Å². The summed E-state index contributed by atoms with van der Waals surface area (Å²) >= 11 is 0. The topological polar surface area (TPSA) is 17.1 Å². The highest BCUT2D eigenvalue weighted by Gasteiger charge is 2.17. The highest BCUT2D eigenvalue weighted by molar-refractivity contribution is 6.07. The minimum Gasteiger partial charge on any atom is -0.289 e. The molecule has 0 rings (SSSR count). The molecule has 0 N–H and O–H groups in total. The first kappa shape index (κ1) is 15.0. The van der Waals surface area contributed by atoms with Crippen molar-refractivity contribution in [3.63, 3.8) is 0 Å². The van der Waals surface area contributed by atoms with Crippen molar-refractivity contribution in [3.05, 3.63) is 23.8 Å². The molecule has 0 aliphatic carbocycles. The van der Waals surface area contributed by atoms with E-state index in [0.717, 1.165) is 19.3 Å². The number of ketones is 1. The van der Waals surface area contributed by atoms with Gasteiger partial charge in [-0.15, -0.1) is 0 Å². The standard InChI is InChI=1S/C13H20F2O/c1-4-6-8-10(3)12(16)11(13(14)15)9-7-5-2/h3-9H2,1-2H3. The second kappa shape index (κ2) is 8.20. The van der Waals surface area contributed by atoms with Gasteiger partial charge in [-0.1, -0.05) is 33.3 Å². The van der Waals surface area contributed by atoms with E-state index in [1.165, 1.54) is 0 Å². The Morgan fingerprint density at radius 2 is 1.56 bits per heavy atom. The normalized spacial score (nSPS) is 10.0. The Balaban J connectivity index is 4.51. The van der Waals surface area contributed by atoms with Gasteiger partial charge in [-0.05, 0) is 31.3 Å². The zero-order chi connectivity index (χ0) is 12.6. The number of unbranched alkanes of at least 4 members (excludes halogenated alkanes) is 2. The van der Waals surface area contributed by atoms with Crippen molar-refractivity contribution in [3.8, 4) is 0 Å². The molecule has 3 heteroatoms. The lowest BCUT2D eigenvalue weighted by Crippen LogP contribution is -2.07. The van der Waals surface area contributed by atoms with Crippen LogP contribution in [0.4, 0.5) is 8.78 Å². The van der Waals surface area contributed by atoms with Gasteiger partial charge in [0.05, 0.1) is 5.57 Å². The number of allylic oxidation sites excluding steroid dienone is 2. The number of hydrogen-bond donors (Lipinski definition) is 0. The molecule has 0 amide bonds. The smallest absolute Gasteiger partial charge is 0.277 e. The van der Waals surface area contributed by atoms with Crippen molar-refractivity contribution < 1.29 is 13.6 Å². The highest BCUT2D eigenvalue weighted by atomic mass is 19.3. The summed E-state index contributed by atoms with van der Waals surface area (Å²) in [5, 5.41) is 0. The molecule has 0 fully saturated rings. The van der Waals surface area contributed by atoms with E-state index < -0.39 is 11.9 Å². The van der Waals surface area contributed by atoms with Gasteiger partial charge >= 0.3 is 0 Å². The summed E-state index contributed by atoms with van der Waals surface area (Å²) in [6.45, 7) is 7.48. The van der Waals surface area contributed by atoms with Crippen molar-refractivity contribution >= 4 is 5.78 Å². The first-order valence-electron chi connectivity index (χ1n) is 5.81. The number of Topliss-reactive ketones (excluding diaryl/α,β-unsaturated/α-hetero) is 1. The Morgan fingerprint density at radius 3 is 2.00 bits per heavy atom. The molecule has 0 spiro atoms. The largest absolute Gasteiger partial charge is 0.289 e. The molecular formula is C13H20F2O. The van der Waals surface area contributed by atoms with Gasteiger partial charge in [-0.25, -0.2) is 0 Å². The fourth-order valence-electron chi connectivity index (χ4n) is 1.36. The van der Waals surface area contributed by atoms with E-state index in [9.17, 15) is 13.6 Å². The molecule has 0 saturated carbocycles. The summed E-state index contributed by atoms with van der Waals surface area (Å²) in [5.41, 5.74) is -0.0382. The summed E-state index contributed by atoms with van der Waals surface area (Å²) < 4.78 is 25.1. The van der Waals surface area contributed by atoms with Gasteiger partial charge in [0, 0.05) is 0 Å². The van der Waals surface area contributed by atoms with E-state index >= 15 is 0 Å². The summed E-state index contributed by atoms with van der Waals surface area (Å²) in [7, 11) is 0. The van der Waals surface area contributed by atoms with Crippen LogP contribution in [0.2, 0.25) is 0 Å². The fourth-order valence-corrected chi connectivity index (χ4v) is 1.36. The predicted octanol–water partition coefficient (Wildman–Crippen LogP) is 4.64. The molecule has 0 heterocycles.